The second kappa shape index (κ2) is 4.18. The first-order chi connectivity index (χ1) is 7.39. The van der Waals surface area contributed by atoms with E-state index in [1.54, 1.807) is 0 Å². The van der Waals surface area contributed by atoms with Gasteiger partial charge in [0.1, 0.15) is 17.5 Å². The summed E-state index contributed by atoms with van der Waals surface area (Å²) in [5.74, 6) is -2.48. The van der Waals surface area contributed by atoms with Gasteiger partial charge in [-0.15, -0.1) is 0 Å². The van der Waals surface area contributed by atoms with Gasteiger partial charge in [0, 0.05) is 6.42 Å². The molecular formula is C10H11NO5. The smallest absolute Gasteiger partial charge is 0.351 e. The van der Waals surface area contributed by atoms with Gasteiger partial charge in [-0.3, -0.25) is 4.79 Å². The molecule has 0 spiro atoms. The molecule has 6 heteroatoms. The standard InChI is InChI=1S/C10H11NO5/c1-10(9(15)16)4-6(5-12)2-3-7(11-10)8(13)14/h2-3,5,11H,4H2,1H3,(H,13,14)(H,15,16). The maximum absolute atomic E-state index is 11.0. The number of carboxylic acid groups (broad SMARTS) is 2. The van der Waals surface area contributed by atoms with Crippen LogP contribution in [-0.4, -0.2) is 34.0 Å². The molecule has 1 aliphatic heterocycles. The molecule has 0 fully saturated rings. The van der Waals surface area contributed by atoms with Crippen LogP contribution in [0.15, 0.2) is 23.4 Å². The van der Waals surface area contributed by atoms with Crippen molar-refractivity contribution < 1.29 is 24.6 Å². The number of carboxylic acids is 2. The third-order valence-electron chi connectivity index (χ3n) is 2.29. The van der Waals surface area contributed by atoms with Gasteiger partial charge >= 0.3 is 11.9 Å². The SMILES string of the molecule is CC1(C(=O)O)CC(C=O)=CC=C(C(=O)O)N1. The van der Waals surface area contributed by atoms with Crippen molar-refractivity contribution in [2.45, 2.75) is 18.9 Å². The number of aldehydes is 1. The van der Waals surface area contributed by atoms with Crippen LogP contribution in [0.1, 0.15) is 13.3 Å². The number of aliphatic carboxylic acids is 2. The van der Waals surface area contributed by atoms with Crippen LogP contribution in [-0.2, 0) is 14.4 Å². The second-order valence-corrected chi connectivity index (χ2v) is 3.68. The topological polar surface area (TPSA) is 104 Å². The molecule has 3 N–H and O–H groups in total. The highest BCUT2D eigenvalue weighted by Crippen LogP contribution is 2.20. The van der Waals surface area contributed by atoms with Crippen LogP contribution >= 0.6 is 0 Å². The van der Waals surface area contributed by atoms with E-state index in [0.717, 1.165) is 0 Å². The van der Waals surface area contributed by atoms with Gasteiger partial charge in [0.05, 0.1) is 0 Å². The van der Waals surface area contributed by atoms with Crippen molar-refractivity contribution in [1.29, 1.82) is 0 Å². The summed E-state index contributed by atoms with van der Waals surface area (Å²) in [6.07, 6.45) is 2.93. The van der Waals surface area contributed by atoms with E-state index in [4.69, 9.17) is 10.2 Å². The molecule has 1 heterocycles. The molecule has 1 aliphatic rings. The van der Waals surface area contributed by atoms with Crippen LogP contribution in [0.5, 0.6) is 0 Å². The molecular weight excluding hydrogens is 214 g/mol. The zero-order valence-electron chi connectivity index (χ0n) is 8.56. The summed E-state index contributed by atoms with van der Waals surface area (Å²) in [6.45, 7) is 1.33. The Morgan fingerprint density at radius 3 is 2.50 bits per heavy atom. The summed E-state index contributed by atoms with van der Waals surface area (Å²) in [5.41, 5.74) is -1.51. The lowest BCUT2D eigenvalue weighted by atomic mass is 9.94. The van der Waals surface area contributed by atoms with Crippen molar-refractivity contribution in [3.63, 3.8) is 0 Å². The van der Waals surface area contributed by atoms with Crippen molar-refractivity contribution in [3.05, 3.63) is 23.4 Å². The van der Waals surface area contributed by atoms with Gasteiger partial charge in [-0.1, -0.05) is 6.08 Å². The predicted molar refractivity (Wildman–Crippen MR) is 53.7 cm³/mol. The van der Waals surface area contributed by atoms with Gasteiger partial charge in [-0.05, 0) is 18.6 Å². The Balaban J connectivity index is 3.16. The number of allylic oxidation sites excluding steroid dienone is 2. The molecule has 0 aliphatic carbocycles. The Kier molecular flexibility index (Phi) is 3.12. The number of rotatable bonds is 3. The Morgan fingerprint density at radius 1 is 1.44 bits per heavy atom. The summed E-state index contributed by atoms with van der Waals surface area (Å²) in [6, 6.07) is 0. The molecule has 0 saturated heterocycles. The average Bonchev–Trinajstić information content (AvgIpc) is 2.38. The van der Waals surface area contributed by atoms with E-state index in [1.807, 2.05) is 0 Å². The van der Waals surface area contributed by atoms with Gasteiger partial charge in [0.15, 0.2) is 0 Å². The lowest BCUT2D eigenvalue weighted by molar-refractivity contribution is -0.144. The quantitative estimate of drug-likeness (QED) is 0.580. The highest BCUT2D eigenvalue weighted by atomic mass is 16.4. The third kappa shape index (κ3) is 2.28. The monoisotopic (exact) mass is 225 g/mol. The van der Waals surface area contributed by atoms with Gasteiger partial charge in [-0.25, -0.2) is 9.59 Å². The normalized spacial score (nSPS) is 24.6. The zero-order chi connectivity index (χ0) is 12.3. The highest BCUT2D eigenvalue weighted by Gasteiger charge is 2.36. The molecule has 1 rings (SSSR count). The maximum Gasteiger partial charge on any atom is 0.351 e. The van der Waals surface area contributed by atoms with Gasteiger partial charge in [0.25, 0.3) is 0 Å². The molecule has 0 aromatic carbocycles. The first-order valence-electron chi connectivity index (χ1n) is 4.50. The Hall–Kier alpha value is -2.11. The Morgan fingerprint density at radius 2 is 2.06 bits per heavy atom. The van der Waals surface area contributed by atoms with E-state index in [2.05, 4.69) is 5.32 Å². The maximum atomic E-state index is 11.0. The molecule has 0 radical (unpaired) electrons. The zero-order valence-corrected chi connectivity index (χ0v) is 8.56. The van der Waals surface area contributed by atoms with Crippen LogP contribution in [0.4, 0.5) is 0 Å². The molecule has 1 unspecified atom stereocenters. The van der Waals surface area contributed by atoms with E-state index in [9.17, 15) is 14.4 Å². The number of nitrogens with one attached hydrogen (secondary N) is 1. The highest BCUT2D eigenvalue weighted by molar-refractivity contribution is 5.90. The molecule has 0 aromatic rings. The van der Waals surface area contributed by atoms with E-state index in [0.29, 0.717) is 6.29 Å². The van der Waals surface area contributed by atoms with Crippen molar-refractivity contribution in [3.8, 4) is 0 Å². The minimum Gasteiger partial charge on any atom is -0.480 e. The van der Waals surface area contributed by atoms with E-state index >= 15 is 0 Å². The van der Waals surface area contributed by atoms with Crippen molar-refractivity contribution >= 4 is 18.2 Å². The summed E-state index contributed by atoms with van der Waals surface area (Å²) < 4.78 is 0. The number of carbonyl (C=O) groups is 3. The summed E-state index contributed by atoms with van der Waals surface area (Å²) in [4.78, 5) is 32.4. The molecule has 0 aromatic heterocycles. The Labute approximate surface area is 91.3 Å². The molecule has 1 atom stereocenters. The van der Waals surface area contributed by atoms with Crippen molar-refractivity contribution in [1.82, 2.24) is 5.32 Å². The van der Waals surface area contributed by atoms with E-state index in [-0.39, 0.29) is 17.7 Å². The van der Waals surface area contributed by atoms with Crippen LogP contribution in [0.2, 0.25) is 0 Å². The minimum atomic E-state index is -1.49. The molecule has 16 heavy (non-hydrogen) atoms. The first kappa shape index (κ1) is 12.0. The largest absolute Gasteiger partial charge is 0.480 e. The fourth-order valence-electron chi connectivity index (χ4n) is 1.38. The third-order valence-corrected chi connectivity index (χ3v) is 2.29. The van der Waals surface area contributed by atoms with Crippen LogP contribution < -0.4 is 5.32 Å². The summed E-state index contributed by atoms with van der Waals surface area (Å²) in [7, 11) is 0. The fourth-order valence-corrected chi connectivity index (χ4v) is 1.38. The first-order valence-corrected chi connectivity index (χ1v) is 4.50. The number of carbonyl (C=O) groups excluding carboxylic acids is 1. The fraction of sp³-hybridized carbons (Fsp3) is 0.300. The van der Waals surface area contributed by atoms with E-state index in [1.165, 1.54) is 19.1 Å². The molecule has 0 amide bonds. The van der Waals surface area contributed by atoms with Crippen LogP contribution in [0, 0.1) is 0 Å². The molecule has 0 saturated carbocycles. The van der Waals surface area contributed by atoms with Gasteiger partial charge in [-0.2, -0.15) is 0 Å². The second-order valence-electron chi connectivity index (χ2n) is 3.68. The van der Waals surface area contributed by atoms with Gasteiger partial charge < -0.3 is 15.5 Å². The number of hydrogen-bond donors (Lipinski definition) is 3. The predicted octanol–water partition coefficient (Wildman–Crippen LogP) is -0.0832. The van der Waals surface area contributed by atoms with Gasteiger partial charge in [0.2, 0.25) is 0 Å². The van der Waals surface area contributed by atoms with Crippen molar-refractivity contribution in [2.75, 3.05) is 0 Å². The number of hydrogen-bond acceptors (Lipinski definition) is 4. The molecule has 0 bridgehead atoms. The lowest BCUT2D eigenvalue weighted by Crippen LogP contribution is -2.50. The summed E-state index contributed by atoms with van der Waals surface area (Å²) in [5, 5.41) is 20.2. The van der Waals surface area contributed by atoms with E-state index < -0.39 is 17.5 Å². The summed E-state index contributed by atoms with van der Waals surface area (Å²) >= 11 is 0. The van der Waals surface area contributed by atoms with Crippen LogP contribution in [0.3, 0.4) is 0 Å². The lowest BCUT2D eigenvalue weighted by Gasteiger charge is -2.26. The van der Waals surface area contributed by atoms with Crippen LogP contribution in [0.25, 0.3) is 0 Å². The minimum absolute atomic E-state index is 0.0703. The average molecular weight is 225 g/mol. The van der Waals surface area contributed by atoms with Crippen molar-refractivity contribution in [2.24, 2.45) is 0 Å². The molecule has 86 valence electrons. The molecule has 6 nitrogen and oxygen atoms in total. The Bertz CT molecular complexity index is 409.